The van der Waals surface area contributed by atoms with Crippen LogP contribution in [-0.4, -0.2) is 5.11 Å². The van der Waals surface area contributed by atoms with E-state index in [2.05, 4.69) is 13.2 Å². The maximum absolute atomic E-state index is 9.10. The standard InChI is InChI=1S/C11H12O/c1-8-6-4-5-7-11(8)9(2)10(3)12/h4-7,12H,2-3H2,1H3. The maximum Gasteiger partial charge on any atom is 0.115 e. The zero-order valence-electron chi connectivity index (χ0n) is 7.17. The van der Waals surface area contributed by atoms with Crippen LogP contribution in [0, 0.1) is 6.92 Å². The number of aliphatic hydroxyl groups is 1. The fourth-order valence-corrected chi connectivity index (χ4v) is 1.07. The molecule has 0 bridgehead atoms. The van der Waals surface area contributed by atoms with Crippen molar-refractivity contribution in [1.29, 1.82) is 0 Å². The number of benzene rings is 1. The zero-order chi connectivity index (χ0) is 9.14. The molecular weight excluding hydrogens is 148 g/mol. The van der Waals surface area contributed by atoms with Crippen LogP contribution in [0.2, 0.25) is 0 Å². The summed E-state index contributed by atoms with van der Waals surface area (Å²) >= 11 is 0. The fourth-order valence-electron chi connectivity index (χ4n) is 1.07. The van der Waals surface area contributed by atoms with Crippen LogP contribution in [0.15, 0.2) is 43.2 Å². The molecule has 0 heterocycles. The lowest BCUT2D eigenvalue weighted by Gasteiger charge is -2.06. The van der Waals surface area contributed by atoms with E-state index in [-0.39, 0.29) is 5.76 Å². The van der Waals surface area contributed by atoms with Gasteiger partial charge >= 0.3 is 0 Å². The lowest BCUT2D eigenvalue weighted by atomic mass is 10.0. The Balaban J connectivity index is 3.11. The van der Waals surface area contributed by atoms with Crippen molar-refractivity contribution in [2.45, 2.75) is 6.92 Å². The highest BCUT2D eigenvalue weighted by atomic mass is 16.3. The second-order valence-electron chi connectivity index (χ2n) is 2.74. The topological polar surface area (TPSA) is 20.2 Å². The Morgan fingerprint density at radius 2 is 1.83 bits per heavy atom. The van der Waals surface area contributed by atoms with Gasteiger partial charge in [-0.05, 0) is 18.1 Å². The second-order valence-corrected chi connectivity index (χ2v) is 2.74. The van der Waals surface area contributed by atoms with Crippen LogP contribution < -0.4 is 0 Å². The predicted molar refractivity (Wildman–Crippen MR) is 52.0 cm³/mol. The monoisotopic (exact) mass is 160 g/mol. The van der Waals surface area contributed by atoms with Gasteiger partial charge in [0.05, 0.1) is 0 Å². The molecule has 0 radical (unpaired) electrons. The van der Waals surface area contributed by atoms with Crippen LogP contribution in [0.3, 0.4) is 0 Å². The molecule has 1 aromatic carbocycles. The average molecular weight is 160 g/mol. The van der Waals surface area contributed by atoms with Gasteiger partial charge in [0.2, 0.25) is 0 Å². The van der Waals surface area contributed by atoms with Crippen LogP contribution in [0.1, 0.15) is 11.1 Å². The van der Waals surface area contributed by atoms with Gasteiger partial charge in [0.15, 0.2) is 0 Å². The smallest absolute Gasteiger partial charge is 0.115 e. The molecule has 0 aliphatic rings. The van der Waals surface area contributed by atoms with Crippen molar-refractivity contribution in [1.82, 2.24) is 0 Å². The van der Waals surface area contributed by atoms with E-state index in [1.54, 1.807) is 0 Å². The van der Waals surface area contributed by atoms with E-state index in [9.17, 15) is 0 Å². The number of hydrogen-bond acceptors (Lipinski definition) is 1. The van der Waals surface area contributed by atoms with E-state index in [0.717, 1.165) is 11.1 Å². The van der Waals surface area contributed by atoms with Crippen LogP contribution in [0.25, 0.3) is 5.57 Å². The first kappa shape index (κ1) is 8.60. The van der Waals surface area contributed by atoms with Crippen LogP contribution >= 0.6 is 0 Å². The summed E-state index contributed by atoms with van der Waals surface area (Å²) in [6.45, 7) is 9.14. The van der Waals surface area contributed by atoms with E-state index in [4.69, 9.17) is 5.11 Å². The largest absolute Gasteiger partial charge is 0.508 e. The van der Waals surface area contributed by atoms with Gasteiger partial charge in [-0.2, -0.15) is 0 Å². The molecule has 0 saturated carbocycles. The first-order valence-electron chi connectivity index (χ1n) is 3.76. The molecule has 0 unspecified atom stereocenters. The summed E-state index contributed by atoms with van der Waals surface area (Å²) in [5.41, 5.74) is 2.64. The van der Waals surface area contributed by atoms with Crippen LogP contribution in [0.5, 0.6) is 0 Å². The Morgan fingerprint density at radius 1 is 1.25 bits per heavy atom. The van der Waals surface area contributed by atoms with Crippen molar-refractivity contribution in [3.8, 4) is 0 Å². The molecule has 0 fully saturated rings. The molecule has 0 aliphatic heterocycles. The Bertz CT molecular complexity index is 324. The van der Waals surface area contributed by atoms with Crippen molar-refractivity contribution in [3.05, 3.63) is 54.3 Å². The highest BCUT2D eigenvalue weighted by Crippen LogP contribution is 2.20. The molecule has 0 aromatic heterocycles. The van der Waals surface area contributed by atoms with Gasteiger partial charge < -0.3 is 5.11 Å². The minimum atomic E-state index is 0.0318. The summed E-state index contributed by atoms with van der Waals surface area (Å²) < 4.78 is 0. The number of aryl methyl sites for hydroxylation is 1. The van der Waals surface area contributed by atoms with Crippen molar-refractivity contribution in [2.24, 2.45) is 0 Å². The third kappa shape index (κ3) is 1.56. The van der Waals surface area contributed by atoms with E-state index in [1.807, 2.05) is 31.2 Å². The molecule has 1 N–H and O–H groups in total. The molecule has 1 heteroatoms. The molecule has 12 heavy (non-hydrogen) atoms. The van der Waals surface area contributed by atoms with Crippen molar-refractivity contribution >= 4 is 5.57 Å². The second kappa shape index (κ2) is 3.26. The van der Waals surface area contributed by atoms with E-state index in [0.29, 0.717) is 5.57 Å². The molecule has 62 valence electrons. The Morgan fingerprint density at radius 3 is 2.33 bits per heavy atom. The predicted octanol–water partition coefficient (Wildman–Crippen LogP) is 3.08. The van der Waals surface area contributed by atoms with Crippen molar-refractivity contribution in [2.75, 3.05) is 0 Å². The summed E-state index contributed by atoms with van der Waals surface area (Å²) in [5, 5.41) is 9.10. The van der Waals surface area contributed by atoms with Gasteiger partial charge in [-0.1, -0.05) is 37.4 Å². The SMILES string of the molecule is C=C(O)C(=C)c1ccccc1C. The number of allylic oxidation sites excluding steroid dienone is 1. The van der Waals surface area contributed by atoms with Crippen molar-refractivity contribution < 1.29 is 5.11 Å². The summed E-state index contributed by atoms with van der Waals surface area (Å²) in [5.74, 6) is 0.0318. The lowest BCUT2D eigenvalue weighted by molar-refractivity contribution is 0.441. The molecule has 1 rings (SSSR count). The molecule has 1 aromatic rings. The number of aliphatic hydroxyl groups excluding tert-OH is 1. The van der Waals surface area contributed by atoms with Crippen LogP contribution in [-0.2, 0) is 0 Å². The highest BCUT2D eigenvalue weighted by molar-refractivity contribution is 5.75. The van der Waals surface area contributed by atoms with Gasteiger partial charge in [-0.3, -0.25) is 0 Å². The number of rotatable bonds is 2. The number of hydrogen-bond donors (Lipinski definition) is 1. The molecule has 0 amide bonds. The summed E-state index contributed by atoms with van der Waals surface area (Å²) in [6.07, 6.45) is 0. The van der Waals surface area contributed by atoms with Crippen molar-refractivity contribution in [3.63, 3.8) is 0 Å². The third-order valence-corrected chi connectivity index (χ3v) is 1.82. The normalized spacial score (nSPS) is 9.42. The molecule has 0 spiro atoms. The van der Waals surface area contributed by atoms with Gasteiger partial charge in [-0.25, -0.2) is 0 Å². The van der Waals surface area contributed by atoms with E-state index < -0.39 is 0 Å². The summed E-state index contributed by atoms with van der Waals surface area (Å²) in [6, 6.07) is 7.76. The van der Waals surface area contributed by atoms with Crippen LogP contribution in [0.4, 0.5) is 0 Å². The first-order chi connectivity index (χ1) is 5.63. The van der Waals surface area contributed by atoms with Gasteiger partial charge in [-0.15, -0.1) is 0 Å². The van der Waals surface area contributed by atoms with Gasteiger partial charge in [0, 0.05) is 5.57 Å². The molecular formula is C11H12O. The molecule has 0 saturated heterocycles. The lowest BCUT2D eigenvalue weighted by Crippen LogP contribution is -1.88. The van der Waals surface area contributed by atoms with Gasteiger partial charge in [0.1, 0.15) is 5.76 Å². The minimum absolute atomic E-state index is 0.0318. The zero-order valence-corrected chi connectivity index (χ0v) is 7.17. The minimum Gasteiger partial charge on any atom is -0.508 e. The third-order valence-electron chi connectivity index (χ3n) is 1.82. The summed E-state index contributed by atoms with van der Waals surface area (Å²) in [4.78, 5) is 0. The maximum atomic E-state index is 9.10. The molecule has 0 atom stereocenters. The van der Waals surface area contributed by atoms with E-state index in [1.165, 1.54) is 0 Å². The fraction of sp³-hybridized carbons (Fsp3) is 0.0909. The summed E-state index contributed by atoms with van der Waals surface area (Å²) in [7, 11) is 0. The average Bonchev–Trinajstić information content (AvgIpc) is 2.04. The molecule has 1 nitrogen and oxygen atoms in total. The first-order valence-corrected chi connectivity index (χ1v) is 3.76. The Kier molecular flexibility index (Phi) is 2.34. The van der Waals surface area contributed by atoms with E-state index >= 15 is 0 Å². The highest BCUT2D eigenvalue weighted by Gasteiger charge is 2.03. The Labute approximate surface area is 72.7 Å². The molecule has 0 aliphatic carbocycles. The van der Waals surface area contributed by atoms with Gasteiger partial charge in [0.25, 0.3) is 0 Å². The Hall–Kier alpha value is -1.50. The quantitative estimate of drug-likeness (QED) is 0.520.